The molecule has 0 saturated carbocycles. The number of H-pyrrole nitrogens is 1. The van der Waals surface area contributed by atoms with Crippen molar-refractivity contribution in [1.82, 2.24) is 14.9 Å². The second-order valence-corrected chi connectivity index (χ2v) is 5.41. The highest BCUT2D eigenvalue weighted by atomic mass is 16.2. The molecule has 114 valence electrons. The molecule has 6 heteroatoms. The number of aryl methyl sites for hydroxylation is 1. The number of carbonyl (C=O) groups is 1. The summed E-state index contributed by atoms with van der Waals surface area (Å²) in [6.07, 6.45) is 2.61. The zero-order valence-corrected chi connectivity index (χ0v) is 12.5. The molecule has 0 spiro atoms. The Morgan fingerprint density at radius 1 is 1.23 bits per heavy atom. The number of anilines is 1. The number of piperazine rings is 1. The zero-order chi connectivity index (χ0) is 15.5. The van der Waals surface area contributed by atoms with Gasteiger partial charge in [0.2, 0.25) is 0 Å². The molecule has 3 rings (SSSR count). The van der Waals surface area contributed by atoms with E-state index in [9.17, 15) is 9.59 Å². The summed E-state index contributed by atoms with van der Waals surface area (Å²) in [6.45, 7) is 4.78. The maximum absolute atomic E-state index is 12.4. The van der Waals surface area contributed by atoms with Gasteiger partial charge in [-0.05, 0) is 24.6 Å². The topological polar surface area (TPSA) is 69.3 Å². The first-order chi connectivity index (χ1) is 10.6. The van der Waals surface area contributed by atoms with Gasteiger partial charge < -0.3 is 14.8 Å². The summed E-state index contributed by atoms with van der Waals surface area (Å²) < 4.78 is 0. The van der Waals surface area contributed by atoms with Crippen molar-refractivity contribution in [3.05, 3.63) is 58.3 Å². The van der Waals surface area contributed by atoms with Crippen molar-refractivity contribution in [2.24, 2.45) is 0 Å². The van der Waals surface area contributed by atoms with Gasteiger partial charge in [0, 0.05) is 38.1 Å². The number of nitrogens with one attached hydrogen (secondary N) is 1. The average molecular weight is 298 g/mol. The Labute approximate surface area is 128 Å². The molecule has 1 N–H and O–H groups in total. The lowest BCUT2D eigenvalue weighted by Gasteiger charge is -2.36. The van der Waals surface area contributed by atoms with E-state index in [1.165, 1.54) is 23.8 Å². The predicted octanol–water partition coefficient (Wildman–Crippen LogP) is 1.04. The van der Waals surface area contributed by atoms with Gasteiger partial charge in [0.15, 0.2) is 0 Å². The van der Waals surface area contributed by atoms with Gasteiger partial charge in [-0.3, -0.25) is 9.59 Å². The van der Waals surface area contributed by atoms with Gasteiger partial charge in [-0.2, -0.15) is 0 Å². The molecule has 22 heavy (non-hydrogen) atoms. The van der Waals surface area contributed by atoms with E-state index >= 15 is 0 Å². The van der Waals surface area contributed by atoms with E-state index in [0.29, 0.717) is 13.1 Å². The molecular weight excluding hydrogens is 280 g/mol. The first-order valence-corrected chi connectivity index (χ1v) is 7.29. The SMILES string of the molecule is Cc1cccc(N2CCN(C(=O)c3cnc[nH]c3=O)CC2)c1. The molecule has 1 aliphatic heterocycles. The number of benzene rings is 1. The molecule has 0 aliphatic carbocycles. The van der Waals surface area contributed by atoms with Crippen molar-refractivity contribution >= 4 is 11.6 Å². The first-order valence-electron chi connectivity index (χ1n) is 7.29. The number of hydrogen-bond donors (Lipinski definition) is 1. The Morgan fingerprint density at radius 3 is 2.68 bits per heavy atom. The lowest BCUT2D eigenvalue weighted by atomic mass is 10.2. The third-order valence-corrected chi connectivity index (χ3v) is 3.88. The van der Waals surface area contributed by atoms with E-state index in [0.717, 1.165) is 13.1 Å². The number of aromatic amines is 1. The molecule has 0 radical (unpaired) electrons. The summed E-state index contributed by atoms with van der Waals surface area (Å²) in [5.41, 5.74) is 2.11. The summed E-state index contributed by atoms with van der Waals surface area (Å²) in [5.74, 6) is -0.252. The number of nitrogens with zero attached hydrogens (tertiary/aromatic N) is 3. The summed E-state index contributed by atoms with van der Waals surface area (Å²) in [4.78, 5) is 34.3. The fraction of sp³-hybridized carbons (Fsp3) is 0.312. The Hall–Kier alpha value is -2.63. The van der Waals surface area contributed by atoms with Crippen molar-refractivity contribution in [2.75, 3.05) is 31.1 Å². The summed E-state index contributed by atoms with van der Waals surface area (Å²) in [5, 5.41) is 0. The van der Waals surface area contributed by atoms with E-state index < -0.39 is 0 Å². The van der Waals surface area contributed by atoms with Crippen LogP contribution in [-0.2, 0) is 0 Å². The monoisotopic (exact) mass is 298 g/mol. The van der Waals surface area contributed by atoms with E-state index in [2.05, 4.69) is 40.0 Å². The van der Waals surface area contributed by atoms with Gasteiger partial charge >= 0.3 is 0 Å². The number of carbonyl (C=O) groups excluding carboxylic acids is 1. The van der Waals surface area contributed by atoms with Gasteiger partial charge in [0.05, 0.1) is 6.33 Å². The molecule has 1 fully saturated rings. The number of amides is 1. The van der Waals surface area contributed by atoms with Gasteiger partial charge in [-0.1, -0.05) is 12.1 Å². The smallest absolute Gasteiger partial charge is 0.263 e. The average Bonchev–Trinajstić information content (AvgIpc) is 2.55. The minimum Gasteiger partial charge on any atom is -0.368 e. The van der Waals surface area contributed by atoms with Crippen LogP contribution in [-0.4, -0.2) is 47.0 Å². The van der Waals surface area contributed by atoms with E-state index in [4.69, 9.17) is 0 Å². The quantitative estimate of drug-likeness (QED) is 0.899. The summed E-state index contributed by atoms with van der Waals surface area (Å²) in [7, 11) is 0. The maximum atomic E-state index is 12.4. The molecule has 1 aliphatic rings. The van der Waals surface area contributed by atoms with E-state index in [-0.39, 0.29) is 17.0 Å². The Kier molecular flexibility index (Phi) is 3.91. The Bertz CT molecular complexity index is 733. The van der Waals surface area contributed by atoms with Crippen LogP contribution >= 0.6 is 0 Å². The Balaban J connectivity index is 1.68. The normalized spacial score (nSPS) is 15.0. The molecule has 2 heterocycles. The second kappa shape index (κ2) is 6.01. The summed E-state index contributed by atoms with van der Waals surface area (Å²) >= 11 is 0. The second-order valence-electron chi connectivity index (χ2n) is 5.41. The van der Waals surface area contributed by atoms with Crippen LogP contribution in [0.15, 0.2) is 41.6 Å². The third-order valence-electron chi connectivity index (χ3n) is 3.88. The first kappa shape index (κ1) is 14.3. The van der Waals surface area contributed by atoms with Crippen LogP contribution in [0, 0.1) is 6.92 Å². The molecule has 1 aromatic heterocycles. The van der Waals surface area contributed by atoms with Crippen LogP contribution in [0.1, 0.15) is 15.9 Å². The van der Waals surface area contributed by atoms with Crippen molar-refractivity contribution in [3.8, 4) is 0 Å². The predicted molar refractivity (Wildman–Crippen MR) is 84.2 cm³/mol. The highest BCUT2D eigenvalue weighted by Gasteiger charge is 2.24. The number of hydrogen-bond acceptors (Lipinski definition) is 4. The maximum Gasteiger partial charge on any atom is 0.263 e. The molecule has 0 bridgehead atoms. The largest absolute Gasteiger partial charge is 0.368 e. The van der Waals surface area contributed by atoms with E-state index in [1.807, 2.05) is 6.07 Å². The number of aromatic nitrogens is 2. The fourth-order valence-corrected chi connectivity index (χ4v) is 2.66. The molecule has 1 aromatic carbocycles. The minimum absolute atomic E-state index is 0.103. The lowest BCUT2D eigenvalue weighted by Crippen LogP contribution is -2.49. The van der Waals surface area contributed by atoms with Crippen LogP contribution in [0.3, 0.4) is 0 Å². The molecule has 1 saturated heterocycles. The zero-order valence-electron chi connectivity index (χ0n) is 12.5. The molecule has 2 aromatic rings. The van der Waals surface area contributed by atoms with Crippen LogP contribution in [0.2, 0.25) is 0 Å². The van der Waals surface area contributed by atoms with Gasteiger partial charge in [0.25, 0.3) is 11.5 Å². The fourth-order valence-electron chi connectivity index (χ4n) is 2.66. The van der Waals surface area contributed by atoms with Crippen molar-refractivity contribution in [2.45, 2.75) is 6.92 Å². The van der Waals surface area contributed by atoms with Crippen LogP contribution in [0.5, 0.6) is 0 Å². The van der Waals surface area contributed by atoms with E-state index in [1.54, 1.807) is 4.90 Å². The molecule has 1 amide bonds. The third kappa shape index (κ3) is 2.86. The Morgan fingerprint density at radius 2 is 2.00 bits per heavy atom. The molecule has 6 nitrogen and oxygen atoms in total. The van der Waals surface area contributed by atoms with Crippen LogP contribution < -0.4 is 10.5 Å². The van der Waals surface area contributed by atoms with Crippen molar-refractivity contribution < 1.29 is 4.79 Å². The van der Waals surface area contributed by atoms with Crippen molar-refractivity contribution in [3.63, 3.8) is 0 Å². The highest BCUT2D eigenvalue weighted by Crippen LogP contribution is 2.18. The molecular formula is C16H18N4O2. The molecule has 0 unspecified atom stereocenters. The van der Waals surface area contributed by atoms with Crippen LogP contribution in [0.25, 0.3) is 0 Å². The lowest BCUT2D eigenvalue weighted by molar-refractivity contribution is 0.0744. The summed E-state index contributed by atoms with van der Waals surface area (Å²) in [6, 6.07) is 8.33. The molecule has 0 atom stereocenters. The minimum atomic E-state index is -0.388. The van der Waals surface area contributed by atoms with Gasteiger partial charge in [-0.25, -0.2) is 4.98 Å². The van der Waals surface area contributed by atoms with Crippen molar-refractivity contribution in [1.29, 1.82) is 0 Å². The highest BCUT2D eigenvalue weighted by molar-refractivity contribution is 5.93. The standard InChI is InChI=1S/C16H18N4O2/c1-12-3-2-4-13(9-12)19-5-7-20(8-6-19)16(22)14-10-17-11-18-15(14)21/h2-4,9-11H,5-8H2,1H3,(H,17,18,21). The number of rotatable bonds is 2. The van der Waals surface area contributed by atoms with Gasteiger partial charge in [-0.15, -0.1) is 0 Å². The van der Waals surface area contributed by atoms with Crippen LogP contribution in [0.4, 0.5) is 5.69 Å². The van der Waals surface area contributed by atoms with Gasteiger partial charge in [0.1, 0.15) is 5.56 Å².